The molecule has 1 aromatic carbocycles. The number of hydrogen-bond donors (Lipinski definition) is 2. The van der Waals surface area contributed by atoms with E-state index in [0.717, 1.165) is 16.6 Å². The minimum Gasteiger partial charge on any atom is -0.397 e. The molecule has 0 saturated heterocycles. The summed E-state index contributed by atoms with van der Waals surface area (Å²) >= 11 is 0. The van der Waals surface area contributed by atoms with Crippen LogP contribution >= 0.6 is 0 Å². The van der Waals surface area contributed by atoms with Crippen LogP contribution in [-0.2, 0) is 0 Å². The minimum atomic E-state index is 0.839. The highest BCUT2D eigenvalue weighted by atomic mass is 14.7. The first-order valence-corrected chi connectivity index (χ1v) is 4.03. The Hall–Kier alpha value is -1.44. The highest BCUT2D eigenvalue weighted by Gasteiger charge is 2.04. The molecule has 0 unspecified atom stereocenters. The summed E-state index contributed by atoms with van der Waals surface area (Å²) < 4.78 is 0. The highest BCUT2D eigenvalue weighted by Crippen LogP contribution is 2.25. The number of aryl methyl sites for hydroxylation is 2. The number of nitrogens with one attached hydrogen (secondary N) is 1. The van der Waals surface area contributed by atoms with E-state index in [0.29, 0.717) is 0 Å². The van der Waals surface area contributed by atoms with Crippen molar-refractivity contribution in [2.45, 2.75) is 13.8 Å². The van der Waals surface area contributed by atoms with Crippen molar-refractivity contribution in [3.05, 3.63) is 29.5 Å². The lowest BCUT2D eigenvalue weighted by Gasteiger charge is -2.01. The third-order valence-corrected chi connectivity index (χ3v) is 2.41. The van der Waals surface area contributed by atoms with E-state index in [9.17, 15) is 0 Å². The maximum absolute atomic E-state index is 5.81. The zero-order valence-electron chi connectivity index (χ0n) is 7.31. The van der Waals surface area contributed by atoms with Crippen molar-refractivity contribution in [3.8, 4) is 0 Å². The summed E-state index contributed by atoms with van der Waals surface area (Å²) in [7, 11) is 0. The summed E-state index contributed by atoms with van der Waals surface area (Å²) in [6.07, 6.45) is 1.84. The molecule has 2 heteroatoms. The van der Waals surface area contributed by atoms with Gasteiger partial charge in [-0.3, -0.25) is 0 Å². The highest BCUT2D eigenvalue weighted by molar-refractivity contribution is 5.94. The number of nitrogen functional groups attached to an aromatic ring is 1. The molecule has 2 rings (SSSR count). The SMILES string of the molecule is Cc1ccc2[nH]cc(N)c2c1C. The number of rotatable bonds is 0. The monoisotopic (exact) mass is 160 g/mol. The van der Waals surface area contributed by atoms with E-state index >= 15 is 0 Å². The van der Waals surface area contributed by atoms with Crippen LogP contribution in [0.1, 0.15) is 11.1 Å². The van der Waals surface area contributed by atoms with Crippen molar-refractivity contribution in [1.29, 1.82) is 0 Å². The van der Waals surface area contributed by atoms with Gasteiger partial charge in [0.1, 0.15) is 0 Å². The van der Waals surface area contributed by atoms with Crippen LogP contribution in [-0.4, -0.2) is 4.98 Å². The van der Waals surface area contributed by atoms with Gasteiger partial charge in [-0.1, -0.05) is 6.07 Å². The fourth-order valence-electron chi connectivity index (χ4n) is 1.54. The molecule has 0 aliphatic rings. The molecule has 0 radical (unpaired) electrons. The Labute approximate surface area is 71.4 Å². The van der Waals surface area contributed by atoms with Gasteiger partial charge >= 0.3 is 0 Å². The van der Waals surface area contributed by atoms with Crippen molar-refractivity contribution in [2.75, 3.05) is 5.73 Å². The first-order valence-electron chi connectivity index (χ1n) is 4.03. The number of hydrogen-bond acceptors (Lipinski definition) is 1. The van der Waals surface area contributed by atoms with E-state index in [-0.39, 0.29) is 0 Å². The number of H-pyrrole nitrogens is 1. The molecule has 0 atom stereocenters. The third-order valence-electron chi connectivity index (χ3n) is 2.41. The van der Waals surface area contributed by atoms with Crippen molar-refractivity contribution in [2.24, 2.45) is 0 Å². The standard InChI is InChI=1S/C10H12N2/c1-6-3-4-9-10(7(6)2)8(11)5-12-9/h3-5,12H,11H2,1-2H3. The quantitative estimate of drug-likeness (QED) is 0.610. The maximum atomic E-state index is 5.81. The van der Waals surface area contributed by atoms with Gasteiger partial charge in [-0.2, -0.15) is 0 Å². The van der Waals surface area contributed by atoms with Gasteiger partial charge in [0.05, 0.1) is 5.69 Å². The first kappa shape index (κ1) is 7.22. The summed E-state index contributed by atoms with van der Waals surface area (Å²) in [5.41, 5.74) is 10.3. The topological polar surface area (TPSA) is 41.8 Å². The molecular formula is C10H12N2. The summed E-state index contributed by atoms with van der Waals surface area (Å²) in [6, 6.07) is 4.17. The molecule has 2 nitrogen and oxygen atoms in total. The molecule has 62 valence electrons. The number of benzene rings is 1. The third kappa shape index (κ3) is 0.811. The molecule has 0 aliphatic carbocycles. The van der Waals surface area contributed by atoms with Gasteiger partial charge in [0.2, 0.25) is 0 Å². The lowest BCUT2D eigenvalue weighted by molar-refractivity contribution is 1.38. The molecule has 0 amide bonds. The molecule has 0 spiro atoms. The van der Waals surface area contributed by atoms with Crippen LogP contribution in [0.5, 0.6) is 0 Å². The lowest BCUT2D eigenvalue weighted by atomic mass is 10.1. The lowest BCUT2D eigenvalue weighted by Crippen LogP contribution is -1.85. The van der Waals surface area contributed by atoms with Crippen molar-refractivity contribution in [3.63, 3.8) is 0 Å². The zero-order valence-corrected chi connectivity index (χ0v) is 7.31. The Balaban J connectivity index is 2.96. The predicted molar refractivity (Wildman–Crippen MR) is 52.2 cm³/mol. The second-order valence-electron chi connectivity index (χ2n) is 3.17. The summed E-state index contributed by atoms with van der Waals surface area (Å²) in [5.74, 6) is 0. The molecular weight excluding hydrogens is 148 g/mol. The molecule has 0 fully saturated rings. The normalized spacial score (nSPS) is 10.8. The van der Waals surface area contributed by atoms with Gasteiger partial charge in [-0.25, -0.2) is 0 Å². The largest absolute Gasteiger partial charge is 0.397 e. The number of fused-ring (bicyclic) bond motifs is 1. The van der Waals surface area contributed by atoms with Gasteiger partial charge in [-0.15, -0.1) is 0 Å². The van der Waals surface area contributed by atoms with E-state index in [4.69, 9.17) is 5.73 Å². The summed E-state index contributed by atoms with van der Waals surface area (Å²) in [5, 5.41) is 1.16. The van der Waals surface area contributed by atoms with Crippen LogP contribution < -0.4 is 5.73 Å². The van der Waals surface area contributed by atoms with Crippen LogP contribution in [0.4, 0.5) is 5.69 Å². The van der Waals surface area contributed by atoms with Gasteiger partial charge in [-0.05, 0) is 31.0 Å². The van der Waals surface area contributed by atoms with Crippen LogP contribution in [0.3, 0.4) is 0 Å². The second kappa shape index (κ2) is 2.27. The van der Waals surface area contributed by atoms with Crippen LogP contribution in [0.2, 0.25) is 0 Å². The van der Waals surface area contributed by atoms with Crippen LogP contribution in [0.15, 0.2) is 18.3 Å². The first-order chi connectivity index (χ1) is 5.70. The van der Waals surface area contributed by atoms with Crippen molar-refractivity contribution >= 4 is 16.6 Å². The molecule has 2 aromatic rings. The van der Waals surface area contributed by atoms with Gasteiger partial charge in [0, 0.05) is 17.1 Å². The van der Waals surface area contributed by atoms with E-state index in [1.165, 1.54) is 11.1 Å². The van der Waals surface area contributed by atoms with Crippen molar-refractivity contribution in [1.82, 2.24) is 4.98 Å². The Morgan fingerprint density at radius 2 is 2.00 bits per heavy atom. The number of aromatic amines is 1. The van der Waals surface area contributed by atoms with E-state index in [1.54, 1.807) is 0 Å². The Kier molecular flexibility index (Phi) is 1.37. The summed E-state index contributed by atoms with van der Waals surface area (Å²) in [4.78, 5) is 3.13. The molecule has 0 aliphatic heterocycles. The number of nitrogens with two attached hydrogens (primary N) is 1. The molecule has 0 saturated carbocycles. The molecule has 3 N–H and O–H groups in total. The maximum Gasteiger partial charge on any atom is 0.0574 e. The average Bonchev–Trinajstić information content (AvgIpc) is 2.41. The predicted octanol–water partition coefficient (Wildman–Crippen LogP) is 2.37. The second-order valence-corrected chi connectivity index (χ2v) is 3.17. The van der Waals surface area contributed by atoms with Gasteiger partial charge in [0.25, 0.3) is 0 Å². The molecule has 0 bridgehead atoms. The fraction of sp³-hybridized carbons (Fsp3) is 0.200. The van der Waals surface area contributed by atoms with Gasteiger partial charge < -0.3 is 10.7 Å². The van der Waals surface area contributed by atoms with E-state index < -0.39 is 0 Å². The Bertz CT molecular complexity index is 427. The van der Waals surface area contributed by atoms with Crippen LogP contribution in [0, 0.1) is 13.8 Å². The molecule has 1 heterocycles. The number of anilines is 1. The number of aromatic nitrogens is 1. The van der Waals surface area contributed by atoms with Gasteiger partial charge in [0.15, 0.2) is 0 Å². The van der Waals surface area contributed by atoms with Crippen LogP contribution in [0.25, 0.3) is 10.9 Å². The molecule has 12 heavy (non-hydrogen) atoms. The zero-order chi connectivity index (χ0) is 8.72. The molecule has 1 aromatic heterocycles. The minimum absolute atomic E-state index is 0.839. The summed E-state index contributed by atoms with van der Waals surface area (Å²) in [6.45, 7) is 4.20. The average molecular weight is 160 g/mol. The Morgan fingerprint density at radius 3 is 2.75 bits per heavy atom. The smallest absolute Gasteiger partial charge is 0.0574 e. The van der Waals surface area contributed by atoms with Crippen molar-refractivity contribution < 1.29 is 0 Å². The van der Waals surface area contributed by atoms with E-state index in [1.807, 2.05) is 6.20 Å². The fourth-order valence-corrected chi connectivity index (χ4v) is 1.54. The van der Waals surface area contributed by atoms with E-state index in [2.05, 4.69) is 31.0 Å². The Morgan fingerprint density at radius 1 is 1.25 bits per heavy atom.